The maximum absolute atomic E-state index is 12.5. The number of unbranched alkanes of at least 4 members (excludes halogenated alkanes) is 1. The van der Waals surface area contributed by atoms with Crippen molar-refractivity contribution in [2.45, 2.75) is 38.6 Å². The Bertz CT molecular complexity index is 703. The summed E-state index contributed by atoms with van der Waals surface area (Å²) in [6, 6.07) is 7.35. The van der Waals surface area contributed by atoms with E-state index in [1.54, 1.807) is 12.5 Å². The van der Waals surface area contributed by atoms with Gasteiger partial charge in [-0.2, -0.15) is 0 Å². The standard InChI is InChI=1S/C18H25N5O2/c1-3-4-9-23-16-8-6-5-7-15(16)22(2)18(23)25-17(24)14(19)10-13-11-20-12-21-13/h5-8,11-12,14,18H,3-4,9-10,19H2,1-2H3,(H,20,21)/t14-,18?/m0/s1. The zero-order valence-electron chi connectivity index (χ0n) is 14.7. The fourth-order valence-electron chi connectivity index (χ4n) is 3.06. The lowest BCUT2D eigenvalue weighted by molar-refractivity contribution is -0.150. The van der Waals surface area contributed by atoms with Crippen molar-refractivity contribution in [1.29, 1.82) is 0 Å². The van der Waals surface area contributed by atoms with Crippen LogP contribution in [0.4, 0.5) is 11.4 Å². The Balaban J connectivity index is 1.72. The normalized spacial score (nSPS) is 17.5. The minimum absolute atomic E-state index is 0.372. The number of esters is 1. The number of nitrogens with zero attached hydrogens (tertiary/aromatic N) is 3. The van der Waals surface area contributed by atoms with Gasteiger partial charge in [0.05, 0.1) is 17.7 Å². The molecule has 0 bridgehead atoms. The molecule has 1 aromatic heterocycles. The van der Waals surface area contributed by atoms with E-state index in [1.165, 1.54) is 0 Å². The number of fused-ring (bicyclic) bond motifs is 1. The van der Waals surface area contributed by atoms with Crippen LogP contribution in [0.1, 0.15) is 25.5 Å². The summed E-state index contributed by atoms with van der Waals surface area (Å²) in [5.74, 6) is -0.416. The molecule has 7 nitrogen and oxygen atoms in total. The van der Waals surface area contributed by atoms with Crippen LogP contribution >= 0.6 is 0 Å². The van der Waals surface area contributed by atoms with E-state index in [-0.39, 0.29) is 0 Å². The van der Waals surface area contributed by atoms with Crippen molar-refractivity contribution in [3.05, 3.63) is 42.5 Å². The van der Waals surface area contributed by atoms with Crippen LogP contribution in [0.25, 0.3) is 0 Å². The predicted octanol–water partition coefficient (Wildman–Crippen LogP) is 1.86. The highest BCUT2D eigenvalue weighted by Crippen LogP contribution is 2.38. The maximum Gasteiger partial charge on any atom is 0.326 e. The molecule has 7 heteroatoms. The summed E-state index contributed by atoms with van der Waals surface area (Å²) in [5, 5.41) is 0. The fraction of sp³-hybridized carbons (Fsp3) is 0.444. The molecule has 3 N–H and O–H groups in total. The van der Waals surface area contributed by atoms with E-state index in [2.05, 4.69) is 27.9 Å². The molecule has 1 unspecified atom stereocenters. The number of nitrogens with one attached hydrogen (secondary N) is 1. The van der Waals surface area contributed by atoms with Gasteiger partial charge in [0, 0.05) is 31.9 Å². The van der Waals surface area contributed by atoms with Crippen LogP contribution in [0.15, 0.2) is 36.8 Å². The molecule has 1 aromatic carbocycles. The summed E-state index contributed by atoms with van der Waals surface area (Å²) >= 11 is 0. The Morgan fingerprint density at radius 2 is 2.16 bits per heavy atom. The zero-order chi connectivity index (χ0) is 17.8. The number of aromatic amines is 1. The number of ether oxygens (including phenoxy) is 1. The highest BCUT2D eigenvalue weighted by molar-refractivity contribution is 5.80. The Kier molecular flexibility index (Phi) is 5.23. The first-order chi connectivity index (χ1) is 12.1. The number of rotatable bonds is 7. The third-order valence-corrected chi connectivity index (χ3v) is 4.44. The number of imidazole rings is 1. The number of carbonyl (C=O) groups excluding carboxylic acids is 1. The minimum Gasteiger partial charge on any atom is -0.421 e. The first kappa shape index (κ1) is 17.3. The van der Waals surface area contributed by atoms with Crippen molar-refractivity contribution in [3.63, 3.8) is 0 Å². The molecule has 1 aliphatic rings. The largest absolute Gasteiger partial charge is 0.421 e. The molecule has 0 saturated heterocycles. The summed E-state index contributed by atoms with van der Waals surface area (Å²) in [5.41, 5.74) is 8.97. The Morgan fingerprint density at radius 3 is 2.84 bits per heavy atom. The number of benzene rings is 1. The van der Waals surface area contributed by atoms with Crippen LogP contribution in [-0.2, 0) is 16.0 Å². The Labute approximate surface area is 147 Å². The molecule has 1 aliphatic heterocycles. The van der Waals surface area contributed by atoms with Gasteiger partial charge in [0.1, 0.15) is 6.04 Å². The number of hydrogen-bond acceptors (Lipinski definition) is 6. The predicted molar refractivity (Wildman–Crippen MR) is 97.2 cm³/mol. The summed E-state index contributed by atoms with van der Waals surface area (Å²) < 4.78 is 5.78. The smallest absolute Gasteiger partial charge is 0.326 e. The van der Waals surface area contributed by atoms with E-state index in [0.717, 1.165) is 36.5 Å². The van der Waals surface area contributed by atoms with E-state index >= 15 is 0 Å². The Morgan fingerprint density at radius 1 is 1.40 bits per heavy atom. The first-order valence-corrected chi connectivity index (χ1v) is 8.63. The van der Waals surface area contributed by atoms with Crippen LogP contribution in [0.3, 0.4) is 0 Å². The van der Waals surface area contributed by atoms with Gasteiger partial charge in [-0.1, -0.05) is 25.5 Å². The van der Waals surface area contributed by atoms with E-state index < -0.39 is 18.4 Å². The Hall–Kier alpha value is -2.54. The third-order valence-electron chi connectivity index (χ3n) is 4.44. The number of aromatic nitrogens is 2. The van der Waals surface area contributed by atoms with Gasteiger partial charge in [0.2, 0.25) is 0 Å². The number of hydrogen-bond donors (Lipinski definition) is 2. The zero-order valence-corrected chi connectivity index (χ0v) is 14.7. The van der Waals surface area contributed by atoms with Crippen molar-refractivity contribution >= 4 is 17.3 Å². The summed E-state index contributed by atoms with van der Waals surface area (Å²) in [6.45, 7) is 2.97. The van der Waals surface area contributed by atoms with Gasteiger partial charge in [-0.15, -0.1) is 0 Å². The molecular weight excluding hydrogens is 318 g/mol. The monoisotopic (exact) mass is 343 g/mol. The number of H-pyrrole nitrogens is 1. The SMILES string of the molecule is CCCCN1c2ccccc2N(C)C1OC(=O)[C@@H](N)Cc1cnc[nH]1. The van der Waals surface area contributed by atoms with E-state index in [4.69, 9.17) is 10.5 Å². The lowest BCUT2D eigenvalue weighted by atomic mass is 10.2. The van der Waals surface area contributed by atoms with Gasteiger partial charge < -0.3 is 25.3 Å². The van der Waals surface area contributed by atoms with Crippen molar-refractivity contribution < 1.29 is 9.53 Å². The molecule has 3 rings (SSSR count). The highest BCUT2D eigenvalue weighted by Gasteiger charge is 2.36. The molecule has 2 aromatic rings. The fourth-order valence-corrected chi connectivity index (χ4v) is 3.06. The minimum atomic E-state index is -0.731. The van der Waals surface area contributed by atoms with E-state index in [9.17, 15) is 4.79 Å². The molecule has 134 valence electrons. The molecule has 2 atom stereocenters. The molecule has 25 heavy (non-hydrogen) atoms. The third kappa shape index (κ3) is 3.61. The maximum atomic E-state index is 12.5. The summed E-state index contributed by atoms with van der Waals surface area (Å²) in [6.07, 6.45) is 5.24. The van der Waals surface area contributed by atoms with Crippen molar-refractivity contribution in [2.75, 3.05) is 23.4 Å². The number of anilines is 2. The van der Waals surface area contributed by atoms with Gasteiger partial charge in [-0.05, 0) is 18.6 Å². The van der Waals surface area contributed by atoms with Gasteiger partial charge >= 0.3 is 5.97 Å². The lowest BCUT2D eigenvalue weighted by Crippen LogP contribution is -2.48. The molecule has 0 spiro atoms. The average Bonchev–Trinajstić information content (AvgIpc) is 3.21. The van der Waals surface area contributed by atoms with Crippen molar-refractivity contribution in [1.82, 2.24) is 9.97 Å². The van der Waals surface area contributed by atoms with Crippen LogP contribution in [0.2, 0.25) is 0 Å². The summed E-state index contributed by atoms with van der Waals surface area (Å²) in [7, 11) is 1.93. The average molecular weight is 343 g/mol. The quantitative estimate of drug-likeness (QED) is 0.746. The number of para-hydroxylation sites is 2. The second-order valence-electron chi connectivity index (χ2n) is 6.30. The number of nitrogens with two attached hydrogens (primary N) is 1. The van der Waals surface area contributed by atoms with Crippen molar-refractivity contribution in [3.8, 4) is 0 Å². The van der Waals surface area contributed by atoms with Crippen LogP contribution in [0.5, 0.6) is 0 Å². The van der Waals surface area contributed by atoms with Gasteiger partial charge in [-0.3, -0.25) is 4.79 Å². The summed E-state index contributed by atoms with van der Waals surface area (Å²) in [4.78, 5) is 23.5. The molecule has 0 radical (unpaired) electrons. The molecule has 0 amide bonds. The molecule has 0 fully saturated rings. The van der Waals surface area contributed by atoms with Gasteiger partial charge in [-0.25, -0.2) is 4.98 Å². The second-order valence-corrected chi connectivity index (χ2v) is 6.30. The van der Waals surface area contributed by atoms with Gasteiger partial charge in [0.25, 0.3) is 6.35 Å². The van der Waals surface area contributed by atoms with Gasteiger partial charge in [0.15, 0.2) is 0 Å². The van der Waals surface area contributed by atoms with Crippen LogP contribution in [0, 0.1) is 0 Å². The highest BCUT2D eigenvalue weighted by atomic mass is 16.6. The molecule has 2 heterocycles. The van der Waals surface area contributed by atoms with Crippen LogP contribution < -0.4 is 15.5 Å². The molecule has 0 aliphatic carbocycles. The van der Waals surface area contributed by atoms with Crippen LogP contribution in [-0.4, -0.2) is 41.9 Å². The first-order valence-electron chi connectivity index (χ1n) is 8.63. The van der Waals surface area contributed by atoms with E-state index in [1.807, 2.05) is 30.1 Å². The van der Waals surface area contributed by atoms with E-state index in [0.29, 0.717) is 6.42 Å². The topological polar surface area (TPSA) is 87.5 Å². The van der Waals surface area contributed by atoms with Crippen molar-refractivity contribution in [2.24, 2.45) is 5.73 Å². The number of carbonyl (C=O) groups is 1. The second kappa shape index (κ2) is 7.57. The molecule has 0 saturated carbocycles. The lowest BCUT2D eigenvalue weighted by Gasteiger charge is -2.30. The molecular formula is C18H25N5O2.